The minimum Gasteiger partial charge on any atom is -0.352 e. The van der Waals surface area contributed by atoms with Crippen molar-refractivity contribution in [3.8, 4) is 0 Å². The number of carbonyl (C=O) groups is 1. The van der Waals surface area contributed by atoms with Gasteiger partial charge in [0.25, 0.3) is 0 Å². The molecule has 0 aliphatic carbocycles. The molecule has 0 N–H and O–H groups in total. The Morgan fingerprint density at radius 2 is 1.24 bits per heavy atom. The molecule has 0 aliphatic heterocycles. The summed E-state index contributed by atoms with van der Waals surface area (Å²) in [6, 6.07) is 3.47. The van der Waals surface area contributed by atoms with E-state index in [0.717, 1.165) is 18.2 Å². The second-order valence-electron chi connectivity index (χ2n) is 4.45. The quantitative estimate of drug-likeness (QED) is 0.350. The van der Waals surface area contributed by atoms with Crippen molar-refractivity contribution in [1.82, 2.24) is 0 Å². The number of hydrogen-bond acceptors (Lipinski definition) is 3. The topological polar surface area (TPSA) is 35.5 Å². The van der Waals surface area contributed by atoms with E-state index in [-0.39, 0.29) is 11.8 Å². The molecule has 0 amide bonds. The van der Waals surface area contributed by atoms with Crippen molar-refractivity contribution in [3.05, 3.63) is 70.3 Å². The molecule has 0 saturated carbocycles. The molecular weight excluding hydrogens is 354 g/mol. The fraction of sp³-hybridized carbons (Fsp3) is 0.188. The number of aldehydes is 1. The van der Waals surface area contributed by atoms with Gasteiger partial charge in [0.05, 0.1) is 5.56 Å². The zero-order valence-electron chi connectivity index (χ0n) is 13.0. The van der Waals surface area contributed by atoms with Crippen molar-refractivity contribution < 1.29 is 40.6 Å². The Balaban J connectivity index is 0.000000257. The van der Waals surface area contributed by atoms with Crippen LogP contribution in [0.2, 0.25) is 0 Å². The Bertz CT molecular complexity index is 747. The van der Waals surface area contributed by atoms with Gasteiger partial charge in [0, 0.05) is 19.8 Å². The van der Waals surface area contributed by atoms with Crippen LogP contribution in [-0.4, -0.2) is 20.5 Å². The maximum atomic E-state index is 13.1. The average Bonchev–Trinajstić information content (AvgIpc) is 2.61. The van der Waals surface area contributed by atoms with Gasteiger partial charge in [0.15, 0.2) is 47.5 Å². The minimum absolute atomic E-state index is 0.123. The Morgan fingerprint density at radius 1 is 0.760 bits per heavy atom. The van der Waals surface area contributed by atoms with E-state index in [1.807, 2.05) is 0 Å². The Hall–Kier alpha value is -2.39. The molecule has 136 valence electrons. The van der Waals surface area contributed by atoms with Crippen molar-refractivity contribution in [1.29, 1.82) is 0 Å². The van der Waals surface area contributed by atoms with E-state index in [4.69, 9.17) is 9.47 Å². The van der Waals surface area contributed by atoms with E-state index in [1.165, 1.54) is 14.2 Å². The number of hydrogen-bond donors (Lipinski definition) is 0. The van der Waals surface area contributed by atoms with Crippen LogP contribution in [0.5, 0.6) is 0 Å². The maximum absolute atomic E-state index is 13.1. The second-order valence-corrected chi connectivity index (χ2v) is 4.45. The van der Waals surface area contributed by atoms with E-state index in [9.17, 15) is 31.1 Å². The third kappa shape index (κ3) is 4.80. The molecule has 0 unspecified atom stereocenters. The third-order valence-electron chi connectivity index (χ3n) is 2.94. The fourth-order valence-electron chi connectivity index (χ4n) is 1.70. The van der Waals surface area contributed by atoms with Crippen LogP contribution in [0.4, 0.5) is 26.3 Å². The molecule has 0 spiro atoms. The molecule has 0 radical (unpaired) electrons. The molecule has 3 nitrogen and oxygen atoms in total. The number of rotatable bonds is 4. The Labute approximate surface area is 138 Å². The summed E-state index contributed by atoms with van der Waals surface area (Å²) in [5.41, 5.74) is -0.655. The van der Waals surface area contributed by atoms with Gasteiger partial charge in [-0.15, -0.1) is 0 Å². The monoisotopic (exact) mass is 366 g/mol. The van der Waals surface area contributed by atoms with Gasteiger partial charge >= 0.3 is 0 Å². The van der Waals surface area contributed by atoms with Crippen LogP contribution in [0.15, 0.2) is 24.3 Å². The summed E-state index contributed by atoms with van der Waals surface area (Å²) < 4.78 is 84.7. The van der Waals surface area contributed by atoms with E-state index < -0.39 is 46.8 Å². The van der Waals surface area contributed by atoms with Gasteiger partial charge in [-0.05, 0) is 24.3 Å². The molecule has 0 atom stereocenters. The van der Waals surface area contributed by atoms with Crippen LogP contribution in [0.3, 0.4) is 0 Å². The van der Waals surface area contributed by atoms with Crippen LogP contribution in [0.1, 0.15) is 22.2 Å². The van der Waals surface area contributed by atoms with Crippen molar-refractivity contribution in [3.63, 3.8) is 0 Å². The van der Waals surface area contributed by atoms with Crippen molar-refractivity contribution in [2.24, 2.45) is 0 Å². The first kappa shape index (κ1) is 20.7. The van der Waals surface area contributed by atoms with Gasteiger partial charge in [0.2, 0.25) is 0 Å². The van der Waals surface area contributed by atoms with Crippen LogP contribution >= 0.6 is 0 Å². The van der Waals surface area contributed by atoms with Crippen LogP contribution in [0, 0.1) is 34.9 Å². The molecule has 0 heterocycles. The highest BCUT2D eigenvalue weighted by Gasteiger charge is 2.20. The number of carbonyl (C=O) groups excluding carboxylic acids is 1. The van der Waals surface area contributed by atoms with Crippen LogP contribution in [-0.2, 0) is 9.47 Å². The molecule has 0 bridgehead atoms. The fourth-order valence-corrected chi connectivity index (χ4v) is 1.70. The smallest absolute Gasteiger partial charge is 0.195 e. The lowest BCUT2D eigenvalue weighted by molar-refractivity contribution is -0.108. The van der Waals surface area contributed by atoms with Gasteiger partial charge < -0.3 is 9.47 Å². The lowest BCUT2D eigenvalue weighted by Gasteiger charge is -2.14. The third-order valence-corrected chi connectivity index (χ3v) is 2.94. The first-order valence-electron chi connectivity index (χ1n) is 6.56. The molecule has 2 aromatic rings. The summed E-state index contributed by atoms with van der Waals surface area (Å²) in [7, 11) is 2.55. The molecule has 0 aliphatic rings. The zero-order valence-corrected chi connectivity index (χ0v) is 13.0. The van der Waals surface area contributed by atoms with E-state index in [2.05, 4.69) is 0 Å². The molecule has 2 rings (SSSR count). The predicted octanol–water partition coefficient (Wildman–Crippen LogP) is 4.31. The van der Waals surface area contributed by atoms with E-state index in [1.54, 1.807) is 0 Å². The highest BCUT2D eigenvalue weighted by Crippen LogP contribution is 2.23. The molecule has 9 heteroatoms. The number of benzene rings is 2. The van der Waals surface area contributed by atoms with Gasteiger partial charge in [-0.1, -0.05) is 0 Å². The SMILES string of the molecule is COC(OC)c1ccc(F)c(F)c1F.O=Cc1ccc(F)c(F)c1F. The zero-order chi connectivity index (χ0) is 19.1. The lowest BCUT2D eigenvalue weighted by atomic mass is 10.2. The number of halogens is 6. The Morgan fingerprint density at radius 3 is 1.72 bits per heavy atom. The standard InChI is InChI=1S/C9H9F3O2.C7H3F3O/c1-13-9(14-2)5-3-4-6(10)8(12)7(5)11;8-5-2-1-4(3-11)6(9)7(5)10/h3-4,9H,1-2H3;1-3H. The first-order chi connectivity index (χ1) is 11.8. The second kappa shape index (κ2) is 9.19. The number of ether oxygens (including phenoxy) is 2. The largest absolute Gasteiger partial charge is 0.352 e. The molecular formula is C16H12F6O3. The minimum atomic E-state index is -1.62. The van der Waals surface area contributed by atoms with Crippen molar-refractivity contribution >= 4 is 6.29 Å². The van der Waals surface area contributed by atoms with E-state index >= 15 is 0 Å². The highest BCUT2D eigenvalue weighted by molar-refractivity contribution is 5.75. The van der Waals surface area contributed by atoms with Crippen molar-refractivity contribution in [2.75, 3.05) is 14.2 Å². The van der Waals surface area contributed by atoms with Gasteiger partial charge in [-0.3, -0.25) is 4.79 Å². The summed E-state index contributed by atoms with van der Waals surface area (Å²) in [6.07, 6.45) is -0.914. The van der Waals surface area contributed by atoms with Gasteiger partial charge in [0.1, 0.15) is 0 Å². The molecule has 25 heavy (non-hydrogen) atoms. The average molecular weight is 366 g/mol. The summed E-state index contributed by atoms with van der Waals surface area (Å²) >= 11 is 0. The summed E-state index contributed by atoms with van der Waals surface area (Å²) in [4.78, 5) is 9.96. The van der Waals surface area contributed by atoms with Gasteiger partial charge in [-0.25, -0.2) is 26.3 Å². The van der Waals surface area contributed by atoms with Crippen molar-refractivity contribution in [2.45, 2.75) is 6.29 Å². The van der Waals surface area contributed by atoms with Gasteiger partial charge in [-0.2, -0.15) is 0 Å². The molecule has 0 fully saturated rings. The highest BCUT2D eigenvalue weighted by atomic mass is 19.2. The number of methoxy groups -OCH3 is 2. The van der Waals surface area contributed by atoms with Crippen LogP contribution in [0.25, 0.3) is 0 Å². The predicted molar refractivity (Wildman–Crippen MR) is 74.8 cm³/mol. The lowest BCUT2D eigenvalue weighted by Crippen LogP contribution is -2.08. The van der Waals surface area contributed by atoms with E-state index in [0.29, 0.717) is 6.07 Å². The first-order valence-corrected chi connectivity index (χ1v) is 6.56. The molecule has 2 aromatic carbocycles. The summed E-state index contributed by atoms with van der Waals surface area (Å²) in [6.45, 7) is 0. The molecule has 0 aromatic heterocycles. The maximum Gasteiger partial charge on any atom is 0.195 e. The normalized spacial score (nSPS) is 10.4. The summed E-state index contributed by atoms with van der Waals surface area (Å²) in [5, 5.41) is 0. The Kier molecular flexibility index (Phi) is 7.59. The summed E-state index contributed by atoms with van der Waals surface area (Å²) in [5.74, 6) is -8.42. The molecule has 0 saturated heterocycles. The van der Waals surface area contributed by atoms with Crippen LogP contribution < -0.4 is 0 Å².